The molecule has 0 saturated carbocycles. The molecule has 1 amide bonds. The van der Waals surface area contributed by atoms with Crippen molar-refractivity contribution in [3.05, 3.63) is 65.2 Å². The van der Waals surface area contributed by atoms with Crippen LogP contribution in [0.15, 0.2) is 58.9 Å². The van der Waals surface area contributed by atoms with Crippen LogP contribution in [-0.2, 0) is 21.2 Å². The molecule has 3 heterocycles. The molecule has 1 N–H and O–H groups in total. The summed E-state index contributed by atoms with van der Waals surface area (Å²) in [6, 6.07) is 12.6. The van der Waals surface area contributed by atoms with Crippen LogP contribution in [0.3, 0.4) is 0 Å². The number of benzene rings is 2. The second-order valence-corrected chi connectivity index (χ2v) is 10.3. The van der Waals surface area contributed by atoms with E-state index in [4.69, 9.17) is 0 Å². The van der Waals surface area contributed by atoms with Gasteiger partial charge in [0.2, 0.25) is 5.91 Å². The molecule has 0 spiro atoms. The van der Waals surface area contributed by atoms with Gasteiger partial charge in [0.15, 0.2) is 5.13 Å². The van der Waals surface area contributed by atoms with Crippen molar-refractivity contribution in [1.29, 1.82) is 0 Å². The van der Waals surface area contributed by atoms with E-state index in [1.165, 1.54) is 40.3 Å². The Kier molecular flexibility index (Phi) is 4.94. The number of amides is 1. The van der Waals surface area contributed by atoms with Crippen molar-refractivity contribution >= 4 is 43.8 Å². The van der Waals surface area contributed by atoms with Gasteiger partial charge in [-0.15, -0.1) is 11.3 Å². The smallest absolute Gasteiger partial charge is 0.263 e. The normalized spacial score (nSPS) is 18.5. The molecular weight excluding hydrogens is 432 g/mol. The van der Waals surface area contributed by atoms with Crippen LogP contribution in [-0.4, -0.2) is 38.4 Å². The number of thiazole rings is 1. The number of hydrogen-bond acceptors (Lipinski definition) is 6. The fourth-order valence-corrected chi connectivity index (χ4v) is 6.25. The zero-order chi connectivity index (χ0) is 21.6. The van der Waals surface area contributed by atoms with E-state index in [-0.39, 0.29) is 18.3 Å². The average molecular weight is 457 g/mol. The second kappa shape index (κ2) is 7.65. The Hall–Kier alpha value is -2.91. The first kappa shape index (κ1) is 20.0. The summed E-state index contributed by atoms with van der Waals surface area (Å²) < 4.78 is 27.5. The van der Waals surface area contributed by atoms with E-state index in [0.717, 1.165) is 19.4 Å². The van der Waals surface area contributed by atoms with Gasteiger partial charge in [0, 0.05) is 37.5 Å². The Morgan fingerprint density at radius 1 is 1.16 bits per heavy atom. The van der Waals surface area contributed by atoms with Crippen LogP contribution < -0.4 is 14.5 Å². The fraction of sp³-hybridized carbons (Fsp3) is 0.273. The largest absolute Gasteiger partial charge is 0.359 e. The van der Waals surface area contributed by atoms with E-state index < -0.39 is 10.0 Å². The van der Waals surface area contributed by atoms with Gasteiger partial charge in [-0.3, -0.25) is 9.52 Å². The first-order valence-corrected chi connectivity index (χ1v) is 12.5. The van der Waals surface area contributed by atoms with E-state index in [0.29, 0.717) is 17.4 Å². The van der Waals surface area contributed by atoms with Gasteiger partial charge in [-0.1, -0.05) is 18.2 Å². The summed E-state index contributed by atoms with van der Waals surface area (Å²) in [5, 5.41) is 2.03. The maximum Gasteiger partial charge on any atom is 0.263 e. The number of para-hydroxylation sites is 1. The molecule has 1 atom stereocenters. The maximum atomic E-state index is 13.3. The maximum absolute atomic E-state index is 13.3. The number of aromatic nitrogens is 1. The van der Waals surface area contributed by atoms with Gasteiger partial charge < -0.3 is 9.80 Å². The third-order valence-corrected chi connectivity index (χ3v) is 8.07. The van der Waals surface area contributed by atoms with Crippen molar-refractivity contribution in [3.8, 4) is 0 Å². The van der Waals surface area contributed by atoms with Crippen LogP contribution in [0.1, 0.15) is 19.0 Å². The quantitative estimate of drug-likeness (QED) is 0.634. The summed E-state index contributed by atoms with van der Waals surface area (Å²) >= 11 is 1.22. The van der Waals surface area contributed by atoms with Crippen LogP contribution in [0.2, 0.25) is 0 Å². The number of carbonyl (C=O) groups excluding carboxylic acids is 1. The molecule has 2 aliphatic rings. The molecule has 0 radical (unpaired) electrons. The van der Waals surface area contributed by atoms with Crippen LogP contribution >= 0.6 is 11.3 Å². The molecule has 31 heavy (non-hydrogen) atoms. The van der Waals surface area contributed by atoms with Gasteiger partial charge in [-0.25, -0.2) is 13.4 Å². The number of sulfonamides is 1. The summed E-state index contributed by atoms with van der Waals surface area (Å²) in [6.45, 7) is 3.56. The first-order valence-electron chi connectivity index (χ1n) is 10.1. The average Bonchev–Trinajstić information content (AvgIpc) is 3.48. The second-order valence-electron chi connectivity index (χ2n) is 7.76. The predicted octanol–water partition coefficient (Wildman–Crippen LogP) is 3.67. The van der Waals surface area contributed by atoms with Gasteiger partial charge in [0.1, 0.15) is 6.04 Å². The molecule has 5 rings (SSSR count). The molecule has 0 bridgehead atoms. The lowest BCUT2D eigenvalue weighted by Gasteiger charge is -2.27. The number of aryl methyl sites for hydroxylation is 1. The zero-order valence-electron chi connectivity index (χ0n) is 17.0. The highest BCUT2D eigenvalue weighted by molar-refractivity contribution is 7.93. The van der Waals surface area contributed by atoms with Crippen molar-refractivity contribution in [1.82, 2.24) is 4.98 Å². The van der Waals surface area contributed by atoms with Crippen molar-refractivity contribution in [2.45, 2.75) is 30.7 Å². The van der Waals surface area contributed by atoms with Gasteiger partial charge >= 0.3 is 0 Å². The Bertz CT molecular complexity index is 1230. The minimum atomic E-state index is -3.71. The number of hydrogen-bond donors (Lipinski definition) is 1. The molecule has 7 nitrogen and oxygen atoms in total. The van der Waals surface area contributed by atoms with E-state index in [1.807, 2.05) is 0 Å². The zero-order valence-corrected chi connectivity index (χ0v) is 18.6. The Morgan fingerprint density at radius 3 is 2.71 bits per heavy atom. The number of fused-ring (bicyclic) bond motifs is 1. The summed E-state index contributed by atoms with van der Waals surface area (Å²) in [4.78, 5) is 21.3. The predicted molar refractivity (Wildman–Crippen MR) is 124 cm³/mol. The molecule has 9 heteroatoms. The summed E-state index contributed by atoms with van der Waals surface area (Å²) in [6.07, 6.45) is 3.25. The molecule has 2 aromatic carbocycles. The molecule has 2 aliphatic heterocycles. The lowest BCUT2D eigenvalue weighted by atomic mass is 10.1. The number of nitrogens with one attached hydrogen (secondary N) is 1. The Balaban J connectivity index is 0.00000245. The highest BCUT2D eigenvalue weighted by atomic mass is 32.2. The van der Waals surface area contributed by atoms with E-state index in [2.05, 4.69) is 39.7 Å². The Labute approximate surface area is 186 Å². The van der Waals surface area contributed by atoms with E-state index in [1.54, 1.807) is 28.6 Å². The van der Waals surface area contributed by atoms with Crippen LogP contribution in [0.5, 0.6) is 0 Å². The fourth-order valence-electron chi connectivity index (χ4n) is 4.46. The number of anilines is 3. The summed E-state index contributed by atoms with van der Waals surface area (Å²) in [5.74, 6) is 0.0626. The Morgan fingerprint density at radius 2 is 1.97 bits per heavy atom. The molecule has 1 aromatic heterocycles. The standard InChI is InChI=1S/C22H22N4O3S2.H2/c1-15-3-2-4-16-9-12-26(20(15)16)19-10-13-25(21(19)27)17-5-7-18(8-6-17)31(28,29)24-22-23-11-14-30-22;/h2-8,11,14,19H,9-10,12-13H2,1H3,(H,23,24);1H/t19-;/m0./s1. The number of rotatable bonds is 5. The topological polar surface area (TPSA) is 82.6 Å². The molecule has 1 fully saturated rings. The summed E-state index contributed by atoms with van der Waals surface area (Å²) in [5.41, 5.74) is 4.40. The third-order valence-electron chi connectivity index (χ3n) is 5.90. The lowest BCUT2D eigenvalue weighted by Crippen LogP contribution is -2.41. The molecule has 0 unspecified atom stereocenters. The van der Waals surface area contributed by atoms with Gasteiger partial charge in [0.05, 0.1) is 4.90 Å². The highest BCUT2D eigenvalue weighted by Crippen LogP contribution is 2.36. The third kappa shape index (κ3) is 3.57. The van der Waals surface area contributed by atoms with Crippen LogP contribution in [0, 0.1) is 6.92 Å². The van der Waals surface area contributed by atoms with Crippen molar-refractivity contribution in [2.24, 2.45) is 0 Å². The number of nitrogens with zero attached hydrogens (tertiary/aromatic N) is 3. The molecule has 3 aromatic rings. The molecule has 0 aliphatic carbocycles. The van der Waals surface area contributed by atoms with E-state index >= 15 is 0 Å². The first-order chi connectivity index (χ1) is 14.9. The van der Waals surface area contributed by atoms with Gasteiger partial charge in [0.25, 0.3) is 10.0 Å². The van der Waals surface area contributed by atoms with Gasteiger partial charge in [-0.05, 0) is 55.2 Å². The molecule has 162 valence electrons. The highest BCUT2D eigenvalue weighted by Gasteiger charge is 2.39. The molecule has 1 saturated heterocycles. The number of carbonyl (C=O) groups is 1. The van der Waals surface area contributed by atoms with Crippen molar-refractivity contribution in [3.63, 3.8) is 0 Å². The van der Waals surface area contributed by atoms with Crippen molar-refractivity contribution in [2.75, 3.05) is 27.6 Å². The van der Waals surface area contributed by atoms with Crippen molar-refractivity contribution < 1.29 is 14.6 Å². The SMILES string of the molecule is Cc1cccc2c1N([C@H]1CCN(c3ccc(S(=O)(=O)Nc4nccs4)cc3)C1=O)CC2.[HH]. The van der Waals surface area contributed by atoms with E-state index in [9.17, 15) is 13.2 Å². The lowest BCUT2D eigenvalue weighted by molar-refractivity contribution is -0.118. The van der Waals surface area contributed by atoms with Crippen LogP contribution in [0.25, 0.3) is 0 Å². The van der Waals surface area contributed by atoms with Gasteiger partial charge in [-0.2, -0.15) is 0 Å². The summed E-state index contributed by atoms with van der Waals surface area (Å²) in [7, 11) is -3.71. The monoisotopic (exact) mass is 456 g/mol. The minimum Gasteiger partial charge on any atom is -0.359 e. The molecular formula is C22H24N4O3S2. The van der Waals surface area contributed by atoms with Crippen LogP contribution in [0.4, 0.5) is 16.5 Å². The minimum absolute atomic E-state index is 0.